The van der Waals surface area contributed by atoms with E-state index in [9.17, 15) is 49.5 Å². The first-order chi connectivity index (χ1) is 18.3. The zero-order valence-electron chi connectivity index (χ0n) is 20.5. The number of fused-ring (bicyclic) bond motifs is 6. The van der Waals surface area contributed by atoms with Crippen molar-refractivity contribution >= 4 is 34.7 Å². The molecule has 0 aliphatic heterocycles. The number of allylic oxidation sites excluding steroid dienone is 3. The van der Waals surface area contributed by atoms with Gasteiger partial charge in [0.05, 0.1) is 45.6 Å². The van der Waals surface area contributed by atoms with Crippen LogP contribution in [-0.4, -0.2) is 60.6 Å². The Hall–Kier alpha value is -4.57. The zero-order chi connectivity index (χ0) is 28.0. The summed E-state index contributed by atoms with van der Waals surface area (Å²) in [6.45, 7) is 2.96. The van der Waals surface area contributed by atoms with E-state index in [2.05, 4.69) is 0 Å². The highest BCUT2D eigenvalue weighted by molar-refractivity contribution is 6.28. The van der Waals surface area contributed by atoms with Crippen LogP contribution in [0.25, 0.3) is 5.76 Å². The minimum absolute atomic E-state index is 0.00660. The van der Waals surface area contributed by atoms with Crippen molar-refractivity contribution in [3.63, 3.8) is 0 Å². The molecule has 39 heavy (non-hydrogen) atoms. The molecular formula is C29H20O10. The molecule has 5 aliphatic carbocycles. The highest BCUT2D eigenvalue weighted by Gasteiger charge is 2.73. The molecule has 0 aromatic heterocycles. The predicted octanol–water partition coefficient (Wildman–Crippen LogP) is 2.30. The molecule has 5 atom stereocenters. The fraction of sp³-hybridized carbons (Fsp3) is 0.276. The Morgan fingerprint density at radius 3 is 2.18 bits per heavy atom. The number of aliphatic hydroxyl groups is 2. The molecule has 2 fully saturated rings. The lowest BCUT2D eigenvalue weighted by Gasteiger charge is -2.51. The highest BCUT2D eigenvalue weighted by atomic mass is 16.3. The maximum atomic E-state index is 14.2. The summed E-state index contributed by atoms with van der Waals surface area (Å²) >= 11 is 0. The average Bonchev–Trinajstić information content (AvgIpc) is 3.17. The Morgan fingerprint density at radius 1 is 0.846 bits per heavy atom. The van der Waals surface area contributed by atoms with Crippen LogP contribution in [0.5, 0.6) is 17.2 Å². The summed E-state index contributed by atoms with van der Waals surface area (Å²) in [5.41, 5.74) is -4.12. The summed E-state index contributed by atoms with van der Waals surface area (Å²) in [5.74, 6) is -11.2. The van der Waals surface area contributed by atoms with Crippen LogP contribution in [0.1, 0.15) is 78.5 Å². The van der Waals surface area contributed by atoms with Crippen molar-refractivity contribution in [2.24, 2.45) is 11.3 Å². The summed E-state index contributed by atoms with van der Waals surface area (Å²) in [6.07, 6.45) is -1.34. The van der Waals surface area contributed by atoms with Gasteiger partial charge in [0.1, 0.15) is 28.8 Å². The van der Waals surface area contributed by atoms with E-state index >= 15 is 0 Å². The topological polar surface area (TPSA) is 186 Å². The lowest BCUT2D eigenvalue weighted by molar-refractivity contribution is -0.128. The van der Waals surface area contributed by atoms with Crippen LogP contribution in [0.2, 0.25) is 0 Å². The van der Waals surface area contributed by atoms with Gasteiger partial charge < -0.3 is 25.5 Å². The molecule has 2 aromatic rings. The number of aryl methyl sites for hydroxylation is 1. The molecule has 0 radical (unpaired) electrons. The molecule has 2 saturated carbocycles. The largest absolute Gasteiger partial charge is 0.507 e. The minimum Gasteiger partial charge on any atom is -0.507 e. The molecule has 10 heteroatoms. The number of benzene rings is 2. The molecular weight excluding hydrogens is 508 g/mol. The van der Waals surface area contributed by atoms with E-state index in [4.69, 9.17) is 0 Å². The molecule has 1 spiro atoms. The molecule has 2 bridgehead atoms. The Morgan fingerprint density at radius 2 is 1.49 bits per heavy atom. The maximum absolute atomic E-state index is 14.2. The Labute approximate surface area is 219 Å². The second-order valence-electron chi connectivity index (χ2n) is 11.0. The summed E-state index contributed by atoms with van der Waals surface area (Å²) in [6, 6.07) is 2.71. The number of phenolic OH excluding ortho intramolecular Hbond substituents is 3. The molecule has 5 aliphatic rings. The van der Waals surface area contributed by atoms with E-state index in [0.717, 1.165) is 6.08 Å². The van der Waals surface area contributed by atoms with Crippen molar-refractivity contribution in [1.82, 2.24) is 0 Å². The fourth-order valence-corrected chi connectivity index (χ4v) is 7.73. The van der Waals surface area contributed by atoms with Gasteiger partial charge in [-0.2, -0.15) is 0 Å². The smallest absolute Gasteiger partial charge is 0.193 e. The van der Waals surface area contributed by atoms with Crippen LogP contribution in [0, 0.1) is 18.3 Å². The first kappa shape index (κ1) is 23.5. The zero-order valence-corrected chi connectivity index (χ0v) is 20.5. The van der Waals surface area contributed by atoms with Gasteiger partial charge in [-0.05, 0) is 37.6 Å². The fourth-order valence-electron chi connectivity index (χ4n) is 7.73. The summed E-state index contributed by atoms with van der Waals surface area (Å²) in [5, 5.41) is 56.2. The van der Waals surface area contributed by atoms with Crippen LogP contribution in [0.4, 0.5) is 0 Å². The Kier molecular flexibility index (Phi) is 4.16. The lowest BCUT2D eigenvalue weighted by Crippen LogP contribution is -2.57. The number of phenols is 3. The molecule has 5 unspecified atom stereocenters. The van der Waals surface area contributed by atoms with Gasteiger partial charge in [-0.15, -0.1) is 0 Å². The summed E-state index contributed by atoms with van der Waals surface area (Å²) < 4.78 is 0. The van der Waals surface area contributed by atoms with E-state index < -0.39 is 110 Å². The van der Waals surface area contributed by atoms with Crippen LogP contribution < -0.4 is 0 Å². The number of aromatic hydroxyl groups is 3. The van der Waals surface area contributed by atoms with Gasteiger partial charge in [0.25, 0.3) is 0 Å². The molecule has 0 heterocycles. The number of carbonyl (C=O) groups is 5. The predicted molar refractivity (Wildman–Crippen MR) is 131 cm³/mol. The van der Waals surface area contributed by atoms with Crippen LogP contribution >= 0.6 is 0 Å². The highest BCUT2D eigenvalue weighted by Crippen LogP contribution is 2.70. The van der Waals surface area contributed by atoms with E-state index in [1.54, 1.807) is 6.92 Å². The Bertz CT molecular complexity index is 1770. The third-order valence-electron chi connectivity index (χ3n) is 9.12. The minimum atomic E-state index is -2.00. The number of aliphatic hydroxyl groups excluding tert-OH is 2. The monoisotopic (exact) mass is 528 g/mol. The van der Waals surface area contributed by atoms with Gasteiger partial charge in [-0.1, -0.05) is 0 Å². The van der Waals surface area contributed by atoms with Crippen molar-refractivity contribution in [2.75, 3.05) is 0 Å². The molecule has 7 rings (SSSR count). The van der Waals surface area contributed by atoms with Crippen molar-refractivity contribution < 1.29 is 49.5 Å². The van der Waals surface area contributed by atoms with Gasteiger partial charge in [-0.3, -0.25) is 24.0 Å². The number of hydrogen-bond donors (Lipinski definition) is 5. The number of carbonyl (C=O) groups excluding carboxylic acids is 5. The maximum Gasteiger partial charge on any atom is 0.193 e. The third kappa shape index (κ3) is 2.35. The van der Waals surface area contributed by atoms with E-state index in [1.165, 1.54) is 19.1 Å². The van der Waals surface area contributed by atoms with Gasteiger partial charge in [0.15, 0.2) is 23.1 Å². The SMILES string of the molecule is CC1=CC(=O)c2c(O)c3c(c(O)c2C1=O)C1C(=O)CC24C(=O)c5cc(C)cc(O)c5C(O)=C2C(=O)C3C(O)C14. The number of hydrogen-bond acceptors (Lipinski definition) is 10. The first-order valence-corrected chi connectivity index (χ1v) is 12.3. The van der Waals surface area contributed by atoms with Crippen molar-refractivity contribution in [2.45, 2.75) is 38.2 Å². The quantitative estimate of drug-likeness (QED) is 0.318. The standard InChI is InChI=1S/C29H20O10/c1-7-3-9-13(10(30)4-7)25(36)21-27(38)19-17-16(14-12(32)6-29(21,28(9)39)20(14)26(19)37)24(35)18-15(23(17)34)11(31)5-8(2)22(18)33/h3-5,14,19-20,26,30,34-37H,6H2,1-2H3. The van der Waals surface area contributed by atoms with Crippen LogP contribution in [-0.2, 0) is 9.59 Å². The second kappa shape index (κ2) is 6.89. The second-order valence-corrected chi connectivity index (χ2v) is 11.0. The van der Waals surface area contributed by atoms with Crippen molar-refractivity contribution in [3.8, 4) is 17.2 Å². The van der Waals surface area contributed by atoms with Gasteiger partial charge in [0, 0.05) is 34.6 Å². The lowest BCUT2D eigenvalue weighted by atomic mass is 9.49. The molecule has 0 amide bonds. The Balaban J connectivity index is 1.62. The summed E-state index contributed by atoms with van der Waals surface area (Å²) in [7, 11) is 0. The molecule has 2 aromatic carbocycles. The molecule has 5 N–H and O–H groups in total. The normalized spacial score (nSPS) is 30.1. The van der Waals surface area contributed by atoms with Gasteiger partial charge >= 0.3 is 0 Å². The van der Waals surface area contributed by atoms with E-state index in [-0.39, 0.29) is 22.3 Å². The number of Topliss-reactive ketones (excluding diaryl/α,β-unsaturated/α-hetero) is 4. The van der Waals surface area contributed by atoms with Crippen molar-refractivity contribution in [1.29, 1.82) is 0 Å². The molecule has 0 saturated heterocycles. The number of rotatable bonds is 0. The average molecular weight is 528 g/mol. The van der Waals surface area contributed by atoms with Crippen LogP contribution in [0.3, 0.4) is 0 Å². The van der Waals surface area contributed by atoms with Gasteiger partial charge in [0.2, 0.25) is 0 Å². The van der Waals surface area contributed by atoms with E-state index in [1.807, 2.05) is 0 Å². The third-order valence-corrected chi connectivity index (χ3v) is 9.12. The molecule has 10 nitrogen and oxygen atoms in total. The van der Waals surface area contributed by atoms with E-state index in [0.29, 0.717) is 5.56 Å². The summed E-state index contributed by atoms with van der Waals surface area (Å²) in [4.78, 5) is 67.8. The van der Waals surface area contributed by atoms with Gasteiger partial charge in [-0.25, -0.2) is 0 Å². The van der Waals surface area contributed by atoms with Crippen LogP contribution in [0.15, 0.2) is 29.4 Å². The van der Waals surface area contributed by atoms with Crippen molar-refractivity contribution in [3.05, 3.63) is 68.3 Å². The first-order valence-electron chi connectivity index (χ1n) is 12.3. The molecule has 196 valence electrons. The number of ketones is 5.